The van der Waals surface area contributed by atoms with Crippen LogP contribution in [-0.2, 0) is 19.5 Å². The first-order valence-electron chi connectivity index (χ1n) is 8.75. The number of para-hydroxylation sites is 2. The van der Waals surface area contributed by atoms with E-state index in [9.17, 15) is 4.79 Å². The number of benzene rings is 1. The minimum Gasteiger partial charge on any atom is -0.348 e. The first-order valence-corrected chi connectivity index (χ1v) is 9.63. The van der Waals surface area contributed by atoms with Gasteiger partial charge in [-0.1, -0.05) is 18.2 Å². The van der Waals surface area contributed by atoms with Crippen molar-refractivity contribution in [2.75, 3.05) is 0 Å². The minimum atomic E-state index is 0.128. The van der Waals surface area contributed by atoms with Crippen LogP contribution in [0.3, 0.4) is 0 Å². The van der Waals surface area contributed by atoms with Crippen molar-refractivity contribution in [2.45, 2.75) is 33.4 Å². The number of hydrogen-bond donors (Lipinski definition) is 0. The van der Waals surface area contributed by atoms with Gasteiger partial charge >= 0.3 is 0 Å². The molecule has 5 heteroatoms. The quantitative estimate of drug-likeness (QED) is 0.468. The van der Waals surface area contributed by atoms with Gasteiger partial charge in [-0.05, 0) is 49.9 Å². The number of imidazole rings is 1. The molecule has 4 nitrogen and oxygen atoms in total. The second-order valence-corrected chi connectivity index (χ2v) is 7.58. The van der Waals surface area contributed by atoms with Crippen LogP contribution in [0.5, 0.6) is 0 Å². The van der Waals surface area contributed by atoms with E-state index in [2.05, 4.69) is 34.0 Å². The zero-order valence-electron chi connectivity index (χ0n) is 15.0. The van der Waals surface area contributed by atoms with Crippen LogP contribution in [0.4, 0.5) is 0 Å². The van der Waals surface area contributed by atoms with Crippen LogP contribution in [0.25, 0.3) is 11.0 Å². The van der Waals surface area contributed by atoms with Crippen LogP contribution in [-0.4, -0.2) is 19.9 Å². The number of nitrogens with zero attached hydrogens (tertiary/aromatic N) is 3. The number of rotatable bonds is 6. The number of fused-ring (bicyclic) bond motifs is 1. The lowest BCUT2D eigenvalue weighted by Gasteiger charge is -2.09. The Labute approximate surface area is 156 Å². The SMILES string of the molecule is Cc1cc(C(=O)Cn2cnc3ccccc32)c(C)n1CCc1cccs1. The number of hydrogen-bond acceptors (Lipinski definition) is 3. The van der Waals surface area contributed by atoms with E-state index in [4.69, 9.17) is 0 Å². The molecule has 132 valence electrons. The lowest BCUT2D eigenvalue weighted by molar-refractivity contribution is 0.0972. The third kappa shape index (κ3) is 3.10. The second kappa shape index (κ2) is 6.92. The maximum absolute atomic E-state index is 12.9. The molecule has 0 aliphatic heterocycles. The molecule has 0 aliphatic carbocycles. The van der Waals surface area contributed by atoms with Crippen LogP contribution >= 0.6 is 11.3 Å². The van der Waals surface area contributed by atoms with Crippen LogP contribution in [0.1, 0.15) is 26.6 Å². The zero-order chi connectivity index (χ0) is 18.1. The molecule has 1 aromatic carbocycles. The molecule has 0 amide bonds. The summed E-state index contributed by atoms with van der Waals surface area (Å²) in [6, 6.07) is 14.2. The van der Waals surface area contributed by atoms with Crippen molar-refractivity contribution in [3.05, 3.63) is 76.0 Å². The van der Waals surface area contributed by atoms with E-state index >= 15 is 0 Å². The third-order valence-corrected chi connectivity index (χ3v) is 5.81. The maximum Gasteiger partial charge on any atom is 0.184 e. The molecule has 0 aliphatic rings. The molecule has 4 rings (SSSR count). The molecule has 0 saturated carbocycles. The van der Waals surface area contributed by atoms with Gasteiger partial charge < -0.3 is 9.13 Å². The number of carbonyl (C=O) groups excluding carboxylic acids is 1. The largest absolute Gasteiger partial charge is 0.348 e. The molecular formula is C21H21N3OS. The molecule has 0 atom stereocenters. The number of Topliss-reactive ketones (excluding diaryl/α,β-unsaturated/α-hetero) is 1. The normalized spacial score (nSPS) is 11.3. The summed E-state index contributed by atoms with van der Waals surface area (Å²) in [5.41, 5.74) is 4.91. The Morgan fingerprint density at radius 3 is 2.81 bits per heavy atom. The number of ketones is 1. The molecule has 3 heterocycles. The van der Waals surface area contributed by atoms with Crippen molar-refractivity contribution < 1.29 is 4.79 Å². The van der Waals surface area contributed by atoms with Gasteiger partial charge in [0.1, 0.15) is 0 Å². The third-order valence-electron chi connectivity index (χ3n) is 4.88. The fraction of sp³-hybridized carbons (Fsp3) is 0.238. The summed E-state index contributed by atoms with van der Waals surface area (Å²) >= 11 is 1.78. The molecular weight excluding hydrogens is 342 g/mol. The van der Waals surface area contributed by atoms with Crippen molar-refractivity contribution in [3.8, 4) is 0 Å². The van der Waals surface area contributed by atoms with E-state index in [1.165, 1.54) is 4.88 Å². The first-order chi connectivity index (χ1) is 12.6. The van der Waals surface area contributed by atoms with Crippen LogP contribution < -0.4 is 0 Å². The van der Waals surface area contributed by atoms with Gasteiger partial charge in [0, 0.05) is 28.4 Å². The summed E-state index contributed by atoms with van der Waals surface area (Å²) in [6.07, 6.45) is 2.74. The fourth-order valence-electron chi connectivity index (χ4n) is 3.48. The predicted molar refractivity (Wildman–Crippen MR) is 106 cm³/mol. The Kier molecular flexibility index (Phi) is 4.47. The highest BCUT2D eigenvalue weighted by Crippen LogP contribution is 2.20. The van der Waals surface area contributed by atoms with Gasteiger partial charge in [-0.15, -0.1) is 11.3 Å². The van der Waals surface area contributed by atoms with Gasteiger partial charge in [0.25, 0.3) is 0 Å². The van der Waals surface area contributed by atoms with E-state index < -0.39 is 0 Å². The van der Waals surface area contributed by atoms with Crippen LogP contribution in [0.15, 0.2) is 54.2 Å². The Hall–Kier alpha value is -2.66. The molecule has 0 unspecified atom stereocenters. The summed E-state index contributed by atoms with van der Waals surface area (Å²) in [6.45, 7) is 5.33. The molecule has 0 N–H and O–H groups in total. The van der Waals surface area contributed by atoms with E-state index in [0.717, 1.165) is 41.0 Å². The van der Waals surface area contributed by atoms with Gasteiger partial charge in [0.2, 0.25) is 0 Å². The van der Waals surface area contributed by atoms with Crippen molar-refractivity contribution >= 4 is 28.2 Å². The average molecular weight is 363 g/mol. The van der Waals surface area contributed by atoms with Gasteiger partial charge in [0.05, 0.1) is 23.9 Å². The van der Waals surface area contributed by atoms with Gasteiger partial charge in [-0.2, -0.15) is 0 Å². The molecule has 26 heavy (non-hydrogen) atoms. The van der Waals surface area contributed by atoms with Crippen LogP contribution in [0, 0.1) is 13.8 Å². The smallest absolute Gasteiger partial charge is 0.184 e. The predicted octanol–water partition coefficient (Wildman–Crippen LogP) is 4.64. The maximum atomic E-state index is 12.9. The van der Waals surface area contributed by atoms with Crippen molar-refractivity contribution in [1.29, 1.82) is 0 Å². The second-order valence-electron chi connectivity index (χ2n) is 6.55. The summed E-state index contributed by atoms with van der Waals surface area (Å²) in [5.74, 6) is 0.128. The zero-order valence-corrected chi connectivity index (χ0v) is 15.8. The molecule has 0 radical (unpaired) electrons. The minimum absolute atomic E-state index is 0.128. The van der Waals surface area contributed by atoms with Gasteiger partial charge in [-0.25, -0.2) is 4.98 Å². The highest BCUT2D eigenvalue weighted by atomic mass is 32.1. The lowest BCUT2D eigenvalue weighted by atomic mass is 10.1. The molecule has 0 bridgehead atoms. The summed E-state index contributed by atoms with van der Waals surface area (Å²) < 4.78 is 4.17. The molecule has 4 aromatic rings. The number of thiophene rings is 1. The van der Waals surface area contributed by atoms with E-state index in [1.807, 2.05) is 41.8 Å². The van der Waals surface area contributed by atoms with E-state index in [1.54, 1.807) is 17.7 Å². The lowest BCUT2D eigenvalue weighted by Crippen LogP contribution is -2.11. The van der Waals surface area contributed by atoms with Crippen molar-refractivity contribution in [3.63, 3.8) is 0 Å². The average Bonchev–Trinajstić information content (AvgIpc) is 3.35. The highest BCUT2D eigenvalue weighted by molar-refractivity contribution is 7.09. The van der Waals surface area contributed by atoms with Gasteiger partial charge in [-0.3, -0.25) is 4.79 Å². The Morgan fingerprint density at radius 1 is 1.15 bits per heavy atom. The molecule has 0 saturated heterocycles. The van der Waals surface area contributed by atoms with E-state index in [0.29, 0.717) is 6.54 Å². The molecule has 0 fully saturated rings. The van der Waals surface area contributed by atoms with Crippen molar-refractivity contribution in [2.24, 2.45) is 0 Å². The fourth-order valence-corrected chi connectivity index (χ4v) is 4.18. The Bertz CT molecular complexity index is 1060. The summed E-state index contributed by atoms with van der Waals surface area (Å²) in [5, 5.41) is 2.11. The summed E-state index contributed by atoms with van der Waals surface area (Å²) in [4.78, 5) is 18.7. The molecule has 3 aromatic heterocycles. The van der Waals surface area contributed by atoms with Gasteiger partial charge in [0.15, 0.2) is 5.78 Å². The summed E-state index contributed by atoms with van der Waals surface area (Å²) in [7, 11) is 0. The monoisotopic (exact) mass is 363 g/mol. The molecule has 0 spiro atoms. The number of carbonyl (C=O) groups is 1. The number of aryl methyl sites for hydroxylation is 2. The Morgan fingerprint density at radius 2 is 2.00 bits per heavy atom. The Balaban J connectivity index is 1.55. The topological polar surface area (TPSA) is 39.8 Å². The standard InChI is InChI=1S/C21H21N3OS/c1-15-12-18(16(2)24(15)10-9-17-6-5-11-26-17)21(25)13-23-14-22-19-7-3-4-8-20(19)23/h3-8,11-12,14H,9-10,13H2,1-2H3. The van der Waals surface area contributed by atoms with Crippen molar-refractivity contribution in [1.82, 2.24) is 14.1 Å². The first kappa shape index (κ1) is 16.8. The van der Waals surface area contributed by atoms with E-state index in [-0.39, 0.29) is 5.78 Å². The number of aromatic nitrogens is 3. The van der Waals surface area contributed by atoms with Crippen LogP contribution in [0.2, 0.25) is 0 Å². The highest BCUT2D eigenvalue weighted by Gasteiger charge is 2.17.